The molecule has 2 aromatic carbocycles. The Labute approximate surface area is 569 Å². The number of hydrogen-bond donors (Lipinski definition) is 15. The van der Waals surface area contributed by atoms with Crippen molar-refractivity contribution < 1.29 is 67.7 Å². The summed E-state index contributed by atoms with van der Waals surface area (Å²) in [6.45, 7) is 15.7. The lowest BCUT2D eigenvalue weighted by Crippen LogP contribution is -2.61. The molecule has 1 saturated heterocycles. The van der Waals surface area contributed by atoms with Gasteiger partial charge in [0.15, 0.2) is 5.96 Å². The van der Waals surface area contributed by atoms with Gasteiger partial charge in [-0.05, 0) is 89.2 Å². The second-order valence-electron chi connectivity index (χ2n) is 25.0. The first-order valence-corrected chi connectivity index (χ1v) is 33.8. The molecule has 0 unspecified atom stereocenters. The minimum atomic E-state index is -1.67. The van der Waals surface area contributed by atoms with E-state index in [-0.39, 0.29) is 43.7 Å². The smallest absolute Gasteiger partial charge is 0.247 e. The molecule has 1 fully saturated rings. The van der Waals surface area contributed by atoms with Gasteiger partial charge >= 0.3 is 0 Å². The molecule has 30 nitrogen and oxygen atoms in total. The Balaban J connectivity index is 1.74. The maximum Gasteiger partial charge on any atom is 0.247 e. The fourth-order valence-corrected chi connectivity index (χ4v) is 10.8. The van der Waals surface area contributed by atoms with Crippen LogP contribution in [0.15, 0.2) is 65.7 Å². The number of nitrogens with two attached hydrogens (primary N) is 3. The highest BCUT2D eigenvalue weighted by atomic mass is 16.3. The number of aliphatic imine (C=N–C) groups is 1. The van der Waals surface area contributed by atoms with Crippen molar-refractivity contribution >= 4 is 76.8 Å². The van der Waals surface area contributed by atoms with E-state index in [0.29, 0.717) is 57.7 Å². The summed E-state index contributed by atoms with van der Waals surface area (Å²) >= 11 is 0. The topological polar surface area (TPSA) is 462 Å². The molecule has 0 aromatic heterocycles. The average molecular weight is 1360 g/mol. The van der Waals surface area contributed by atoms with E-state index in [2.05, 4.69) is 58.2 Å². The summed E-state index contributed by atoms with van der Waals surface area (Å²) in [4.78, 5) is 171. The fraction of sp³-hybridized carbons (Fsp3) is 0.627. The lowest BCUT2D eigenvalue weighted by atomic mass is 9.96. The number of carbonyl (C=O) groups excluding carboxylic acids is 12. The van der Waals surface area contributed by atoms with Crippen LogP contribution in [-0.4, -0.2) is 203 Å². The van der Waals surface area contributed by atoms with Crippen LogP contribution in [0.25, 0.3) is 0 Å². The van der Waals surface area contributed by atoms with Crippen LogP contribution in [0.1, 0.15) is 157 Å². The van der Waals surface area contributed by atoms with Crippen molar-refractivity contribution in [2.75, 3.05) is 45.8 Å². The monoisotopic (exact) mass is 1360 g/mol. The van der Waals surface area contributed by atoms with Crippen LogP contribution in [0.4, 0.5) is 0 Å². The molecule has 12 amide bonds. The van der Waals surface area contributed by atoms with Gasteiger partial charge in [-0.25, -0.2) is 0 Å². The number of nitrogens with zero attached hydrogens (tertiary/aromatic N) is 3. The minimum absolute atomic E-state index is 0.0627. The first-order valence-electron chi connectivity index (χ1n) is 33.8. The Bertz CT molecular complexity index is 2910. The second-order valence-corrected chi connectivity index (χ2v) is 25.0. The molecule has 97 heavy (non-hydrogen) atoms. The number of aliphatic hydroxyl groups excluding tert-OH is 2. The van der Waals surface area contributed by atoms with Crippen molar-refractivity contribution in [3.8, 4) is 0 Å². The van der Waals surface area contributed by atoms with Crippen molar-refractivity contribution in [1.82, 2.24) is 63.0 Å². The maximum atomic E-state index is 14.4. The number of hydrogen-bond acceptors (Lipinski definition) is 16. The number of nitrogens with one attached hydrogen (secondary N) is 10. The summed E-state index contributed by atoms with van der Waals surface area (Å²) in [6, 6.07) is 4.93. The first-order chi connectivity index (χ1) is 46.0. The molecule has 540 valence electrons. The number of guanidine groups is 1. The van der Waals surface area contributed by atoms with E-state index in [9.17, 15) is 67.7 Å². The Morgan fingerprint density at radius 1 is 0.649 bits per heavy atom. The van der Waals surface area contributed by atoms with E-state index in [1.165, 1.54) is 30.9 Å². The number of rotatable bonds is 43. The highest BCUT2D eigenvalue weighted by Crippen LogP contribution is 2.22. The van der Waals surface area contributed by atoms with Crippen molar-refractivity contribution in [2.45, 2.75) is 212 Å². The second kappa shape index (κ2) is 43.4. The van der Waals surface area contributed by atoms with Gasteiger partial charge in [0.2, 0.25) is 70.9 Å². The summed E-state index contributed by atoms with van der Waals surface area (Å²) in [5.74, 6) is -10.2. The zero-order chi connectivity index (χ0) is 72.3. The molecule has 18 N–H and O–H groups in total. The normalized spacial score (nSPS) is 16.5. The SMILES string of the molecule is CCCCCC[C@H](NC(=O)[C@@H](NC(=O)[C@H](CC(C)C)NC(=O)[C@@H](NC(=O)CNC(=O)[C@@H](NC(=O)[C@H](C)NC(=O)[C@@H]1C[C@@H](O)CN1C(=O)[C@H](CC(N)=O)NC(=O)CN(CCc1ccccc1)C(=O)[C@@H](N)CCCCN=C(NCC)NCC)c1ccccc1)[C@@H](C)CC)[C@@H](C)O)C(N)=O. The molecule has 12 atom stereocenters. The predicted molar refractivity (Wildman–Crippen MR) is 364 cm³/mol. The number of carbonyl (C=O) groups is 12. The lowest BCUT2D eigenvalue weighted by molar-refractivity contribution is -0.144. The summed E-state index contributed by atoms with van der Waals surface area (Å²) in [7, 11) is 0. The van der Waals surface area contributed by atoms with E-state index < -0.39 is 169 Å². The highest BCUT2D eigenvalue weighted by molar-refractivity contribution is 5.99. The van der Waals surface area contributed by atoms with Gasteiger partial charge in [0.05, 0.1) is 37.8 Å². The Kier molecular flexibility index (Phi) is 36.9. The van der Waals surface area contributed by atoms with Gasteiger partial charge in [-0.3, -0.25) is 62.5 Å². The molecule has 1 heterocycles. The molecule has 0 saturated carbocycles. The van der Waals surface area contributed by atoms with E-state index in [0.717, 1.165) is 29.7 Å². The summed E-state index contributed by atoms with van der Waals surface area (Å²) < 4.78 is 0. The number of benzene rings is 2. The van der Waals surface area contributed by atoms with Gasteiger partial charge in [0, 0.05) is 39.1 Å². The Morgan fingerprint density at radius 2 is 1.27 bits per heavy atom. The maximum absolute atomic E-state index is 14.4. The molecular weight excluding hydrogens is 1250 g/mol. The standard InChI is InChI=1S/C67H108N16O14/c1-10-14-15-22-30-48(58(70)89)77-64(95)56(43(9)84)80-60(91)49(34-40(5)6)78-63(94)55(41(7)11-2)79-53(87)37-74-62(93)57(45-27-20-17-21-28-45)81-59(90)42(8)75-61(92)51-35-46(85)38-83(51)66(97)50(36-52(69)86)76-54(88)39-82(33-31-44-25-18-16-19-26-44)65(96)47(68)29-23-24-32-73-67(71-12-3)72-13-4/h16-21,25-28,40-43,46-51,55-57,84-85H,10-15,22-24,29-39,68H2,1-9H3,(H2,69,86)(H2,70,89)(H,74,93)(H,75,92)(H,76,88)(H,77,95)(H,78,94)(H,79,87)(H,80,91)(H,81,90)(H2,71,72,73)/t41-,42-,43+,46+,47-,48-,49-,50-,51-,55-,56-,57-/m0/s1. The van der Waals surface area contributed by atoms with Gasteiger partial charge in [-0.15, -0.1) is 0 Å². The van der Waals surface area contributed by atoms with Crippen LogP contribution in [0.2, 0.25) is 0 Å². The zero-order valence-corrected chi connectivity index (χ0v) is 57.8. The average Bonchev–Trinajstić information content (AvgIpc) is 1.53. The van der Waals surface area contributed by atoms with E-state index in [1.54, 1.807) is 45.9 Å². The Hall–Kier alpha value is -8.77. The van der Waals surface area contributed by atoms with Gasteiger partial charge in [-0.2, -0.15) is 0 Å². The van der Waals surface area contributed by atoms with Gasteiger partial charge in [0.25, 0.3) is 0 Å². The molecule has 2 aromatic rings. The first kappa shape index (κ1) is 82.5. The number of likely N-dealkylation sites (tertiary alicyclic amines) is 1. The van der Waals surface area contributed by atoms with Crippen LogP contribution in [0.5, 0.6) is 0 Å². The van der Waals surface area contributed by atoms with Crippen LogP contribution >= 0.6 is 0 Å². The number of β-amino-alcohol motifs (C(OH)–C–C–N with tert-alkyl or cyclic N) is 1. The third-order valence-electron chi connectivity index (χ3n) is 16.3. The van der Waals surface area contributed by atoms with Gasteiger partial charge in [0.1, 0.15) is 48.3 Å². The number of unbranched alkanes of at least 4 members (excludes halogenated alkanes) is 4. The molecule has 0 aliphatic carbocycles. The number of primary amides is 2. The zero-order valence-electron chi connectivity index (χ0n) is 57.8. The van der Waals surface area contributed by atoms with Crippen molar-refractivity contribution in [2.24, 2.45) is 34.0 Å². The van der Waals surface area contributed by atoms with E-state index >= 15 is 0 Å². The molecular formula is C67H108N16O14. The van der Waals surface area contributed by atoms with Gasteiger partial charge in [-0.1, -0.05) is 127 Å². The van der Waals surface area contributed by atoms with E-state index in [4.69, 9.17) is 17.2 Å². The van der Waals surface area contributed by atoms with Crippen LogP contribution in [-0.2, 0) is 64.0 Å². The molecule has 30 heteroatoms. The van der Waals surface area contributed by atoms with Crippen molar-refractivity contribution in [3.63, 3.8) is 0 Å². The van der Waals surface area contributed by atoms with Crippen molar-refractivity contribution in [1.29, 1.82) is 0 Å². The third-order valence-corrected chi connectivity index (χ3v) is 16.3. The van der Waals surface area contributed by atoms with E-state index in [1.807, 2.05) is 51.1 Å². The largest absolute Gasteiger partial charge is 0.391 e. The summed E-state index contributed by atoms with van der Waals surface area (Å²) in [6.07, 6.45) is 1.96. The summed E-state index contributed by atoms with van der Waals surface area (Å²) in [5, 5.41) is 48.2. The van der Waals surface area contributed by atoms with Crippen LogP contribution < -0.4 is 70.4 Å². The number of amides is 12. The molecule has 0 spiro atoms. The van der Waals surface area contributed by atoms with Gasteiger partial charge < -0.3 is 90.4 Å². The third kappa shape index (κ3) is 29.2. The molecule has 3 rings (SSSR count). The van der Waals surface area contributed by atoms with Crippen molar-refractivity contribution in [3.05, 3.63) is 71.8 Å². The molecule has 1 aliphatic heterocycles. The highest BCUT2D eigenvalue weighted by Gasteiger charge is 2.43. The Morgan fingerprint density at radius 3 is 1.86 bits per heavy atom. The minimum Gasteiger partial charge on any atom is -0.391 e. The lowest BCUT2D eigenvalue weighted by Gasteiger charge is -2.30. The quantitative estimate of drug-likeness (QED) is 0.0211. The fourth-order valence-electron chi connectivity index (χ4n) is 10.8. The predicted octanol–water partition coefficient (Wildman–Crippen LogP) is -1.20. The van der Waals surface area contributed by atoms with Crippen LogP contribution in [0, 0.1) is 11.8 Å². The van der Waals surface area contributed by atoms with Crippen LogP contribution in [0.3, 0.4) is 0 Å². The molecule has 0 radical (unpaired) electrons. The molecule has 0 bridgehead atoms. The molecule has 1 aliphatic rings. The number of aliphatic hydroxyl groups is 2. The summed E-state index contributed by atoms with van der Waals surface area (Å²) in [5.41, 5.74) is 18.7.